The molecule has 0 saturated heterocycles. The summed E-state index contributed by atoms with van der Waals surface area (Å²) in [6.07, 6.45) is 0. The second-order valence-electron chi connectivity index (χ2n) is 5.60. The Morgan fingerprint density at radius 3 is 2.64 bits per heavy atom. The number of fused-ring (bicyclic) bond motifs is 1. The molecule has 2 aromatic heterocycles. The summed E-state index contributed by atoms with van der Waals surface area (Å²) in [5, 5.41) is 13.7. The first-order valence-electron chi connectivity index (χ1n) is 7.86. The Morgan fingerprint density at radius 1 is 1.08 bits per heavy atom. The van der Waals surface area contributed by atoms with Gasteiger partial charge in [-0.1, -0.05) is 59.9 Å². The third kappa shape index (κ3) is 3.04. The first kappa shape index (κ1) is 15.5. The summed E-state index contributed by atoms with van der Waals surface area (Å²) < 4.78 is 5.68. The van der Waals surface area contributed by atoms with E-state index in [1.807, 2.05) is 61.5 Å². The van der Waals surface area contributed by atoms with Crippen molar-refractivity contribution in [2.45, 2.75) is 13.5 Å². The third-order valence-corrected chi connectivity index (χ3v) is 4.91. The van der Waals surface area contributed by atoms with Crippen molar-refractivity contribution in [1.82, 2.24) is 15.5 Å². The Labute approximate surface area is 148 Å². The number of rotatable bonds is 4. The number of amides is 1. The fraction of sp³-hybridized carbons (Fsp3) is 0.105. The maximum absolute atomic E-state index is 12.4. The fourth-order valence-electron chi connectivity index (χ4n) is 2.65. The molecule has 0 aliphatic heterocycles. The standard InChI is InChI=1S/C19H15N3O2S/c1-12-14-9-5-6-10-15(14)24-17(12)18(23)20-11-16-21-22-19(25-16)13-7-3-2-4-8-13/h2-10H,11H2,1H3,(H,20,23). The summed E-state index contributed by atoms with van der Waals surface area (Å²) >= 11 is 1.46. The van der Waals surface area contributed by atoms with Crippen LogP contribution in [-0.2, 0) is 6.54 Å². The molecule has 0 spiro atoms. The summed E-state index contributed by atoms with van der Waals surface area (Å²) in [6, 6.07) is 17.5. The summed E-state index contributed by atoms with van der Waals surface area (Å²) in [5.74, 6) is 0.0964. The van der Waals surface area contributed by atoms with Crippen LogP contribution >= 0.6 is 11.3 Å². The third-order valence-electron chi connectivity index (χ3n) is 3.94. The summed E-state index contributed by atoms with van der Waals surface area (Å²) in [7, 11) is 0. The molecule has 4 aromatic rings. The second kappa shape index (κ2) is 6.49. The van der Waals surface area contributed by atoms with E-state index < -0.39 is 0 Å². The van der Waals surface area contributed by atoms with E-state index >= 15 is 0 Å². The molecule has 0 radical (unpaired) electrons. The zero-order valence-corrected chi connectivity index (χ0v) is 14.3. The highest BCUT2D eigenvalue weighted by atomic mass is 32.1. The van der Waals surface area contributed by atoms with Gasteiger partial charge in [-0.05, 0) is 13.0 Å². The minimum atomic E-state index is -0.245. The van der Waals surface area contributed by atoms with Crippen LogP contribution in [0.25, 0.3) is 21.5 Å². The Kier molecular flexibility index (Phi) is 4.03. The van der Waals surface area contributed by atoms with Crippen LogP contribution in [-0.4, -0.2) is 16.1 Å². The summed E-state index contributed by atoms with van der Waals surface area (Å²) in [6.45, 7) is 2.21. The monoisotopic (exact) mass is 349 g/mol. The van der Waals surface area contributed by atoms with Crippen LogP contribution < -0.4 is 5.32 Å². The highest BCUT2D eigenvalue weighted by Crippen LogP contribution is 2.25. The van der Waals surface area contributed by atoms with Crippen LogP contribution in [0, 0.1) is 6.92 Å². The van der Waals surface area contributed by atoms with Gasteiger partial charge in [0, 0.05) is 16.5 Å². The molecule has 6 heteroatoms. The average Bonchev–Trinajstić information content (AvgIpc) is 3.26. The molecule has 0 fully saturated rings. The number of carbonyl (C=O) groups is 1. The highest BCUT2D eigenvalue weighted by molar-refractivity contribution is 7.14. The Balaban J connectivity index is 1.48. The summed E-state index contributed by atoms with van der Waals surface area (Å²) in [4.78, 5) is 12.4. The van der Waals surface area contributed by atoms with Crippen molar-refractivity contribution in [3.05, 3.63) is 70.9 Å². The van der Waals surface area contributed by atoms with E-state index in [1.165, 1.54) is 11.3 Å². The number of hydrogen-bond donors (Lipinski definition) is 1. The molecule has 0 unspecified atom stereocenters. The first-order valence-corrected chi connectivity index (χ1v) is 8.68. The highest BCUT2D eigenvalue weighted by Gasteiger charge is 2.17. The molecule has 0 bridgehead atoms. The number of aryl methyl sites for hydroxylation is 1. The molecular formula is C19H15N3O2S. The van der Waals surface area contributed by atoms with Gasteiger partial charge in [-0.25, -0.2) is 0 Å². The molecule has 1 amide bonds. The number of aromatic nitrogens is 2. The maximum atomic E-state index is 12.4. The van der Waals surface area contributed by atoms with Crippen LogP contribution in [0.4, 0.5) is 0 Å². The van der Waals surface area contributed by atoms with E-state index in [0.717, 1.165) is 26.5 Å². The van der Waals surface area contributed by atoms with Crippen LogP contribution in [0.15, 0.2) is 59.0 Å². The zero-order valence-electron chi connectivity index (χ0n) is 13.5. The SMILES string of the molecule is Cc1c(C(=O)NCc2nnc(-c3ccccc3)s2)oc2ccccc12. The van der Waals surface area contributed by atoms with E-state index in [2.05, 4.69) is 15.5 Å². The molecule has 5 nitrogen and oxygen atoms in total. The van der Waals surface area contributed by atoms with Crippen molar-refractivity contribution in [3.8, 4) is 10.6 Å². The minimum absolute atomic E-state index is 0.245. The molecule has 0 aliphatic rings. The molecule has 2 heterocycles. The number of nitrogens with zero attached hydrogens (tertiary/aromatic N) is 2. The van der Waals surface area contributed by atoms with Gasteiger partial charge in [0.2, 0.25) is 0 Å². The lowest BCUT2D eigenvalue weighted by atomic mass is 10.1. The van der Waals surface area contributed by atoms with Gasteiger partial charge in [-0.2, -0.15) is 0 Å². The number of para-hydroxylation sites is 1. The van der Waals surface area contributed by atoms with E-state index in [-0.39, 0.29) is 5.91 Å². The maximum Gasteiger partial charge on any atom is 0.287 e. The van der Waals surface area contributed by atoms with Crippen LogP contribution in [0.2, 0.25) is 0 Å². The van der Waals surface area contributed by atoms with Gasteiger partial charge in [0.25, 0.3) is 5.91 Å². The van der Waals surface area contributed by atoms with Gasteiger partial charge < -0.3 is 9.73 Å². The van der Waals surface area contributed by atoms with Crippen molar-refractivity contribution >= 4 is 28.2 Å². The quantitative estimate of drug-likeness (QED) is 0.600. The fourth-order valence-corrected chi connectivity index (χ4v) is 3.43. The largest absolute Gasteiger partial charge is 0.451 e. The molecule has 0 aliphatic carbocycles. The molecule has 0 atom stereocenters. The summed E-state index contributed by atoms with van der Waals surface area (Å²) in [5.41, 5.74) is 2.58. The van der Waals surface area contributed by atoms with Crippen molar-refractivity contribution in [2.24, 2.45) is 0 Å². The molecule has 0 saturated carbocycles. The van der Waals surface area contributed by atoms with Crippen molar-refractivity contribution in [1.29, 1.82) is 0 Å². The number of nitrogens with one attached hydrogen (secondary N) is 1. The van der Waals surface area contributed by atoms with Gasteiger partial charge in [0.15, 0.2) is 5.76 Å². The molecule has 2 aromatic carbocycles. The first-order chi connectivity index (χ1) is 12.2. The van der Waals surface area contributed by atoms with E-state index in [9.17, 15) is 4.79 Å². The van der Waals surface area contributed by atoms with Crippen molar-refractivity contribution in [2.75, 3.05) is 0 Å². The van der Waals surface area contributed by atoms with E-state index in [0.29, 0.717) is 17.9 Å². The smallest absolute Gasteiger partial charge is 0.287 e. The van der Waals surface area contributed by atoms with Crippen molar-refractivity contribution < 1.29 is 9.21 Å². The van der Waals surface area contributed by atoms with Crippen LogP contribution in [0.5, 0.6) is 0 Å². The topological polar surface area (TPSA) is 68.0 Å². The molecule has 1 N–H and O–H groups in total. The van der Waals surface area contributed by atoms with Crippen LogP contribution in [0.1, 0.15) is 21.1 Å². The van der Waals surface area contributed by atoms with E-state index in [4.69, 9.17) is 4.42 Å². The van der Waals surface area contributed by atoms with Crippen molar-refractivity contribution in [3.63, 3.8) is 0 Å². The Hall–Kier alpha value is -2.99. The van der Waals surface area contributed by atoms with Gasteiger partial charge >= 0.3 is 0 Å². The number of carbonyl (C=O) groups excluding carboxylic acids is 1. The van der Waals surface area contributed by atoms with Gasteiger partial charge in [-0.15, -0.1) is 10.2 Å². The lowest BCUT2D eigenvalue weighted by molar-refractivity contribution is 0.0924. The van der Waals surface area contributed by atoms with Gasteiger partial charge in [0.1, 0.15) is 15.6 Å². The normalized spacial score (nSPS) is 10.9. The molecular weight excluding hydrogens is 334 g/mol. The molecule has 124 valence electrons. The number of benzene rings is 2. The number of furan rings is 1. The molecule has 25 heavy (non-hydrogen) atoms. The predicted molar refractivity (Wildman–Crippen MR) is 97.5 cm³/mol. The van der Waals surface area contributed by atoms with Crippen LogP contribution in [0.3, 0.4) is 0 Å². The lowest BCUT2D eigenvalue weighted by Gasteiger charge is -2.00. The van der Waals surface area contributed by atoms with Gasteiger partial charge in [0.05, 0.1) is 6.54 Å². The predicted octanol–water partition coefficient (Wildman–Crippen LogP) is 4.19. The Morgan fingerprint density at radius 2 is 1.84 bits per heavy atom. The Bertz CT molecular complexity index is 1040. The zero-order chi connectivity index (χ0) is 17.2. The number of hydrogen-bond acceptors (Lipinski definition) is 5. The van der Waals surface area contributed by atoms with Gasteiger partial charge in [-0.3, -0.25) is 4.79 Å². The lowest BCUT2D eigenvalue weighted by Crippen LogP contribution is -2.22. The van der Waals surface area contributed by atoms with E-state index in [1.54, 1.807) is 0 Å². The average molecular weight is 349 g/mol. The molecule has 4 rings (SSSR count). The second-order valence-corrected chi connectivity index (χ2v) is 6.66. The minimum Gasteiger partial charge on any atom is -0.451 e.